The number of halogens is 2. The molecule has 3 aromatic carbocycles. The van der Waals surface area contributed by atoms with Gasteiger partial charge < -0.3 is 4.98 Å². The number of fused-ring (bicyclic) bond motifs is 1. The van der Waals surface area contributed by atoms with Gasteiger partial charge in [0.25, 0.3) is 0 Å². The Morgan fingerprint density at radius 3 is 2.31 bits per heavy atom. The van der Waals surface area contributed by atoms with E-state index in [0.717, 1.165) is 22.9 Å². The number of benzene rings is 3. The van der Waals surface area contributed by atoms with Gasteiger partial charge >= 0.3 is 0 Å². The van der Waals surface area contributed by atoms with Crippen molar-refractivity contribution >= 4 is 39.9 Å². The molecular weight excluding hydrogens is 405 g/mol. The van der Waals surface area contributed by atoms with Crippen LogP contribution in [0.15, 0.2) is 77.6 Å². The fourth-order valence-electron chi connectivity index (χ4n) is 3.41. The van der Waals surface area contributed by atoms with Crippen LogP contribution in [-0.4, -0.2) is 10.8 Å². The Labute approximate surface area is 177 Å². The predicted molar refractivity (Wildman–Crippen MR) is 118 cm³/mol. The largest absolute Gasteiger partial charge is 0.322 e. The number of aryl methyl sites for hydroxylation is 2. The summed E-state index contributed by atoms with van der Waals surface area (Å²) in [4.78, 5) is 27.8. The molecule has 4 rings (SSSR count). The maximum Gasteiger partial charge on any atom is 0.248 e. The fraction of sp³-hybridized carbons (Fsp3) is 0.0833. The van der Waals surface area contributed by atoms with Crippen LogP contribution >= 0.6 is 23.2 Å². The van der Waals surface area contributed by atoms with E-state index >= 15 is 0 Å². The highest BCUT2D eigenvalue weighted by atomic mass is 35.5. The number of ketones is 1. The van der Waals surface area contributed by atoms with E-state index < -0.39 is 0 Å². The lowest BCUT2D eigenvalue weighted by atomic mass is 9.97. The van der Waals surface area contributed by atoms with Gasteiger partial charge in [0.1, 0.15) is 0 Å². The Morgan fingerprint density at radius 2 is 1.55 bits per heavy atom. The second kappa shape index (κ2) is 8.24. The van der Waals surface area contributed by atoms with Gasteiger partial charge in [0, 0.05) is 38.1 Å². The fourth-order valence-corrected chi connectivity index (χ4v) is 3.75. The Hall–Kier alpha value is -2.88. The number of aromatic nitrogens is 1. The molecule has 0 aliphatic rings. The number of aromatic amines is 1. The SMILES string of the molecule is O=C(c1ccc(Cl)cc1)c1ccc2[nH]c(=O)cc(CCc3cccc(Cl)c3)c2c1. The lowest BCUT2D eigenvalue weighted by molar-refractivity contribution is 0.103. The Morgan fingerprint density at radius 1 is 0.793 bits per heavy atom. The number of nitrogens with one attached hydrogen (secondary N) is 1. The average Bonchev–Trinajstić information content (AvgIpc) is 2.72. The van der Waals surface area contributed by atoms with Crippen LogP contribution < -0.4 is 5.56 Å². The van der Waals surface area contributed by atoms with Crippen molar-refractivity contribution in [1.82, 2.24) is 4.98 Å². The number of carbonyl (C=O) groups is 1. The van der Waals surface area contributed by atoms with Crippen LogP contribution in [0.4, 0.5) is 0 Å². The van der Waals surface area contributed by atoms with Crippen LogP contribution in [0.3, 0.4) is 0 Å². The summed E-state index contributed by atoms with van der Waals surface area (Å²) >= 11 is 12.0. The summed E-state index contributed by atoms with van der Waals surface area (Å²) in [6.45, 7) is 0. The molecule has 0 aliphatic carbocycles. The van der Waals surface area contributed by atoms with E-state index in [9.17, 15) is 9.59 Å². The molecular formula is C24H17Cl2NO2. The van der Waals surface area contributed by atoms with Gasteiger partial charge in [-0.2, -0.15) is 0 Å². The van der Waals surface area contributed by atoms with Crippen molar-refractivity contribution in [1.29, 1.82) is 0 Å². The molecule has 0 fully saturated rings. The molecule has 5 heteroatoms. The zero-order valence-electron chi connectivity index (χ0n) is 15.4. The highest BCUT2D eigenvalue weighted by molar-refractivity contribution is 6.31. The zero-order valence-corrected chi connectivity index (χ0v) is 16.9. The van der Waals surface area contributed by atoms with Crippen LogP contribution in [-0.2, 0) is 12.8 Å². The monoisotopic (exact) mass is 421 g/mol. The van der Waals surface area contributed by atoms with E-state index in [1.54, 1.807) is 42.5 Å². The molecule has 3 nitrogen and oxygen atoms in total. The van der Waals surface area contributed by atoms with Gasteiger partial charge in [-0.3, -0.25) is 9.59 Å². The Balaban J connectivity index is 1.70. The van der Waals surface area contributed by atoms with E-state index in [0.29, 0.717) is 33.1 Å². The molecule has 0 radical (unpaired) electrons. The van der Waals surface area contributed by atoms with Crippen molar-refractivity contribution in [3.05, 3.63) is 115 Å². The van der Waals surface area contributed by atoms with Gasteiger partial charge in [0.05, 0.1) is 0 Å². The standard InChI is InChI=1S/C24H17Cl2NO2/c25-19-9-6-16(7-10-19)24(29)18-8-11-22-21(13-18)17(14-23(28)27-22)5-4-15-2-1-3-20(26)12-15/h1-3,6-14H,4-5H2,(H,27,28). The number of H-pyrrole nitrogens is 1. The van der Waals surface area contributed by atoms with Crippen molar-refractivity contribution in [2.24, 2.45) is 0 Å². The first-order valence-corrected chi connectivity index (χ1v) is 9.96. The van der Waals surface area contributed by atoms with Crippen molar-refractivity contribution < 1.29 is 4.79 Å². The number of hydrogen-bond acceptors (Lipinski definition) is 2. The lowest BCUT2D eigenvalue weighted by Gasteiger charge is -2.09. The Kier molecular flexibility index (Phi) is 5.52. The summed E-state index contributed by atoms with van der Waals surface area (Å²) in [5.74, 6) is -0.0874. The minimum Gasteiger partial charge on any atom is -0.322 e. The summed E-state index contributed by atoms with van der Waals surface area (Å²) in [6.07, 6.45) is 1.41. The molecule has 1 heterocycles. The van der Waals surface area contributed by atoms with Gasteiger partial charge in [-0.15, -0.1) is 0 Å². The molecule has 0 bridgehead atoms. The minimum absolute atomic E-state index is 0.0874. The van der Waals surface area contributed by atoms with Crippen molar-refractivity contribution in [3.63, 3.8) is 0 Å². The molecule has 1 N–H and O–H groups in total. The van der Waals surface area contributed by atoms with Crippen LogP contribution in [0.25, 0.3) is 10.9 Å². The quantitative estimate of drug-likeness (QED) is 0.410. The molecule has 4 aromatic rings. The van der Waals surface area contributed by atoms with Gasteiger partial charge in [-0.05, 0) is 78.6 Å². The molecule has 29 heavy (non-hydrogen) atoms. The van der Waals surface area contributed by atoms with Gasteiger partial charge in [-0.1, -0.05) is 35.3 Å². The zero-order chi connectivity index (χ0) is 20.4. The van der Waals surface area contributed by atoms with E-state index in [4.69, 9.17) is 23.2 Å². The Bertz CT molecular complexity index is 1260. The van der Waals surface area contributed by atoms with Crippen LogP contribution in [0.2, 0.25) is 10.0 Å². The summed E-state index contributed by atoms with van der Waals surface area (Å²) in [5, 5.41) is 2.14. The van der Waals surface area contributed by atoms with Gasteiger partial charge in [-0.25, -0.2) is 0 Å². The molecule has 0 aliphatic heterocycles. The topological polar surface area (TPSA) is 49.9 Å². The molecule has 0 spiro atoms. The maximum absolute atomic E-state index is 12.9. The molecule has 0 amide bonds. The second-order valence-corrected chi connectivity index (χ2v) is 7.76. The number of pyridine rings is 1. The van der Waals surface area contributed by atoms with E-state index in [2.05, 4.69) is 4.98 Å². The third kappa shape index (κ3) is 4.42. The molecule has 1 aromatic heterocycles. The number of carbonyl (C=O) groups excluding carboxylic acids is 1. The summed E-state index contributed by atoms with van der Waals surface area (Å²) < 4.78 is 0. The molecule has 0 saturated heterocycles. The number of hydrogen-bond donors (Lipinski definition) is 1. The summed E-state index contributed by atoms with van der Waals surface area (Å²) in [5.41, 5.74) is 3.69. The number of rotatable bonds is 5. The molecule has 0 atom stereocenters. The van der Waals surface area contributed by atoms with E-state index in [-0.39, 0.29) is 11.3 Å². The molecule has 0 unspecified atom stereocenters. The summed E-state index contributed by atoms with van der Waals surface area (Å²) in [6, 6.07) is 21.5. The third-order valence-electron chi connectivity index (χ3n) is 4.87. The van der Waals surface area contributed by atoms with Crippen molar-refractivity contribution in [2.45, 2.75) is 12.8 Å². The van der Waals surface area contributed by atoms with E-state index in [1.165, 1.54) is 0 Å². The lowest BCUT2D eigenvalue weighted by Crippen LogP contribution is -2.09. The first-order valence-electron chi connectivity index (χ1n) is 9.20. The van der Waals surface area contributed by atoms with Gasteiger partial charge in [0.15, 0.2) is 5.78 Å². The third-order valence-corrected chi connectivity index (χ3v) is 5.36. The first kappa shape index (κ1) is 19.4. The second-order valence-electron chi connectivity index (χ2n) is 6.89. The van der Waals surface area contributed by atoms with Gasteiger partial charge in [0.2, 0.25) is 5.56 Å². The maximum atomic E-state index is 12.9. The predicted octanol–water partition coefficient (Wildman–Crippen LogP) is 5.85. The van der Waals surface area contributed by atoms with E-state index in [1.807, 2.05) is 30.3 Å². The highest BCUT2D eigenvalue weighted by Gasteiger charge is 2.12. The van der Waals surface area contributed by atoms with Crippen molar-refractivity contribution in [3.8, 4) is 0 Å². The molecule has 0 saturated carbocycles. The van der Waals surface area contributed by atoms with Crippen LogP contribution in [0.1, 0.15) is 27.0 Å². The van der Waals surface area contributed by atoms with Crippen LogP contribution in [0, 0.1) is 0 Å². The first-order chi connectivity index (χ1) is 14.0. The average molecular weight is 422 g/mol. The van der Waals surface area contributed by atoms with Crippen molar-refractivity contribution in [2.75, 3.05) is 0 Å². The highest BCUT2D eigenvalue weighted by Crippen LogP contribution is 2.22. The minimum atomic E-state index is -0.157. The summed E-state index contributed by atoms with van der Waals surface area (Å²) in [7, 11) is 0. The van der Waals surface area contributed by atoms with Crippen LogP contribution in [0.5, 0.6) is 0 Å². The smallest absolute Gasteiger partial charge is 0.248 e. The molecule has 144 valence electrons. The normalized spacial score (nSPS) is 11.0.